The highest BCUT2D eigenvalue weighted by Crippen LogP contribution is 2.39. The molecule has 8 rings (SSSR count). The van der Waals surface area contributed by atoms with Crippen LogP contribution >= 0.6 is 0 Å². The molecule has 202 valence electrons. The van der Waals surface area contributed by atoms with E-state index >= 15 is 0 Å². The summed E-state index contributed by atoms with van der Waals surface area (Å²) in [6.07, 6.45) is 3.77. The van der Waals surface area contributed by atoms with E-state index in [9.17, 15) is 0 Å². The van der Waals surface area contributed by atoms with Crippen LogP contribution in [0, 0.1) is 0 Å². The van der Waals surface area contributed by atoms with Crippen molar-refractivity contribution < 1.29 is 4.74 Å². The molecule has 3 aromatic heterocycles. The fourth-order valence-corrected chi connectivity index (χ4v) is 6.33. The molecule has 0 amide bonds. The van der Waals surface area contributed by atoms with Gasteiger partial charge in [0.15, 0.2) is 0 Å². The molecule has 0 aliphatic rings. The first-order valence-corrected chi connectivity index (χ1v) is 14.3. The second-order valence-corrected chi connectivity index (χ2v) is 11.9. The van der Waals surface area contributed by atoms with E-state index in [0.29, 0.717) is 0 Å². The molecular weight excluding hydrogens is 514 g/mol. The van der Waals surface area contributed by atoms with Gasteiger partial charge >= 0.3 is 0 Å². The predicted molar refractivity (Wildman–Crippen MR) is 174 cm³/mol. The lowest BCUT2D eigenvalue weighted by molar-refractivity contribution is 0.484. The van der Waals surface area contributed by atoms with Gasteiger partial charge in [-0.25, -0.2) is 4.98 Å². The summed E-state index contributed by atoms with van der Waals surface area (Å²) in [6.45, 7) is 6.77. The molecule has 0 fully saturated rings. The number of hydrogen-bond acceptors (Lipinski definition) is 3. The van der Waals surface area contributed by atoms with Gasteiger partial charge < -0.3 is 4.74 Å². The van der Waals surface area contributed by atoms with Crippen molar-refractivity contribution >= 4 is 54.3 Å². The number of aromatic nitrogens is 3. The van der Waals surface area contributed by atoms with Crippen molar-refractivity contribution in [3.8, 4) is 17.3 Å². The van der Waals surface area contributed by atoms with E-state index in [1.54, 1.807) is 0 Å². The van der Waals surface area contributed by atoms with Crippen LogP contribution in [0.5, 0.6) is 11.5 Å². The lowest BCUT2D eigenvalue weighted by Gasteiger charge is -2.21. The number of fused-ring (bicyclic) bond motifs is 8. The van der Waals surface area contributed by atoms with Gasteiger partial charge in [-0.05, 0) is 75.7 Å². The van der Waals surface area contributed by atoms with Crippen LogP contribution in [0.1, 0.15) is 26.3 Å². The molecule has 4 nitrogen and oxygen atoms in total. The third kappa shape index (κ3) is 3.83. The summed E-state index contributed by atoms with van der Waals surface area (Å²) in [5.41, 5.74) is 4.53. The summed E-state index contributed by atoms with van der Waals surface area (Å²) >= 11 is 0. The number of pyridine rings is 2. The molecule has 0 unspecified atom stereocenters. The molecule has 0 saturated carbocycles. The molecule has 8 aromatic rings. The Morgan fingerprint density at radius 2 is 1.29 bits per heavy atom. The highest BCUT2D eigenvalue weighted by Gasteiger charge is 2.19. The minimum atomic E-state index is 0.0180. The van der Waals surface area contributed by atoms with Crippen molar-refractivity contribution in [3.05, 3.63) is 127 Å². The Hall–Kier alpha value is -5.22. The van der Waals surface area contributed by atoms with E-state index in [1.807, 2.05) is 36.7 Å². The number of ether oxygens (including phenoxy) is 1. The molecule has 0 spiro atoms. The molecule has 0 atom stereocenters. The van der Waals surface area contributed by atoms with Gasteiger partial charge in [0.05, 0.1) is 16.6 Å². The zero-order valence-corrected chi connectivity index (χ0v) is 23.8. The van der Waals surface area contributed by atoms with Gasteiger partial charge in [-0.3, -0.25) is 9.55 Å². The maximum Gasteiger partial charge on any atom is 0.137 e. The third-order valence-corrected chi connectivity index (χ3v) is 8.25. The van der Waals surface area contributed by atoms with Crippen LogP contribution in [-0.4, -0.2) is 14.5 Å². The van der Waals surface area contributed by atoms with Crippen molar-refractivity contribution in [2.45, 2.75) is 26.2 Å². The summed E-state index contributed by atoms with van der Waals surface area (Å²) in [6, 6.07) is 38.1. The summed E-state index contributed by atoms with van der Waals surface area (Å²) in [7, 11) is 0. The first kappa shape index (κ1) is 24.6. The standard InChI is InChI=1S/C38H29N3O/c1-38(2,3)32-19-21-40-37-30(32)17-14-25-12-11-24-13-15-26(22-31(24)36(25)37)42-27-16-18-29-28-8-4-5-9-33(28)41(34(29)23-27)35-10-6-7-20-39-35/h4-23H,1-3H3. The van der Waals surface area contributed by atoms with Gasteiger partial charge in [0.25, 0.3) is 0 Å². The molecule has 42 heavy (non-hydrogen) atoms. The lowest BCUT2D eigenvalue weighted by Crippen LogP contribution is -2.11. The highest BCUT2D eigenvalue weighted by molar-refractivity contribution is 6.19. The molecule has 3 heterocycles. The number of rotatable bonds is 3. The molecule has 0 aliphatic heterocycles. The van der Waals surface area contributed by atoms with Crippen molar-refractivity contribution in [1.29, 1.82) is 0 Å². The van der Waals surface area contributed by atoms with Gasteiger partial charge in [0.1, 0.15) is 17.3 Å². The van der Waals surface area contributed by atoms with Crippen LogP contribution in [0.2, 0.25) is 0 Å². The summed E-state index contributed by atoms with van der Waals surface area (Å²) in [4.78, 5) is 9.55. The predicted octanol–water partition coefficient (Wildman–Crippen LogP) is 10.1. The second-order valence-electron chi connectivity index (χ2n) is 11.9. The van der Waals surface area contributed by atoms with Gasteiger partial charge in [0.2, 0.25) is 0 Å². The summed E-state index contributed by atoms with van der Waals surface area (Å²) in [5, 5.41) is 8.19. The van der Waals surface area contributed by atoms with E-state index in [-0.39, 0.29) is 5.41 Å². The van der Waals surface area contributed by atoms with Crippen molar-refractivity contribution in [1.82, 2.24) is 14.5 Å². The average Bonchev–Trinajstić information content (AvgIpc) is 3.34. The molecule has 0 N–H and O–H groups in total. The molecule has 0 radical (unpaired) electrons. The third-order valence-electron chi connectivity index (χ3n) is 8.25. The van der Waals surface area contributed by atoms with E-state index in [2.05, 4.69) is 115 Å². The fraction of sp³-hybridized carbons (Fsp3) is 0.105. The van der Waals surface area contributed by atoms with Crippen LogP contribution in [0.15, 0.2) is 122 Å². The van der Waals surface area contributed by atoms with Gasteiger partial charge in [-0.1, -0.05) is 75.4 Å². The number of hydrogen-bond donors (Lipinski definition) is 0. The SMILES string of the molecule is CC(C)(C)c1ccnc2c1ccc1ccc3ccc(Oc4ccc5c6ccccc6n(-c6ccccn6)c5c4)cc3c12. The van der Waals surface area contributed by atoms with Crippen LogP contribution < -0.4 is 4.74 Å². The monoisotopic (exact) mass is 543 g/mol. The van der Waals surface area contributed by atoms with E-state index in [4.69, 9.17) is 9.72 Å². The minimum Gasteiger partial charge on any atom is -0.457 e. The summed E-state index contributed by atoms with van der Waals surface area (Å²) < 4.78 is 8.77. The Morgan fingerprint density at radius 3 is 2.14 bits per heavy atom. The quantitative estimate of drug-likeness (QED) is 0.208. The highest BCUT2D eigenvalue weighted by atomic mass is 16.5. The molecule has 4 heteroatoms. The second kappa shape index (κ2) is 9.15. The number of benzene rings is 5. The Bertz CT molecular complexity index is 2310. The van der Waals surface area contributed by atoms with Crippen molar-refractivity contribution in [3.63, 3.8) is 0 Å². The van der Waals surface area contributed by atoms with Gasteiger partial charge in [-0.15, -0.1) is 0 Å². The zero-order chi connectivity index (χ0) is 28.4. The van der Waals surface area contributed by atoms with E-state index in [1.165, 1.54) is 27.1 Å². The molecule has 5 aromatic carbocycles. The lowest BCUT2D eigenvalue weighted by atomic mass is 9.84. The van der Waals surface area contributed by atoms with E-state index in [0.717, 1.165) is 50.0 Å². The normalized spacial score (nSPS) is 12.2. The Morgan fingerprint density at radius 1 is 0.571 bits per heavy atom. The molecule has 0 saturated heterocycles. The largest absolute Gasteiger partial charge is 0.457 e. The average molecular weight is 544 g/mol. The smallest absolute Gasteiger partial charge is 0.137 e. The Labute approximate surface area is 243 Å². The van der Waals surface area contributed by atoms with Gasteiger partial charge in [0, 0.05) is 40.0 Å². The summed E-state index contributed by atoms with van der Waals surface area (Å²) in [5.74, 6) is 2.45. The topological polar surface area (TPSA) is 39.9 Å². The first-order chi connectivity index (χ1) is 20.5. The van der Waals surface area contributed by atoms with Crippen LogP contribution in [0.4, 0.5) is 0 Å². The molecular formula is C38H29N3O. The van der Waals surface area contributed by atoms with Crippen LogP contribution in [0.3, 0.4) is 0 Å². The van der Waals surface area contributed by atoms with Crippen LogP contribution in [-0.2, 0) is 5.41 Å². The molecule has 0 aliphatic carbocycles. The number of nitrogens with zero attached hydrogens (tertiary/aromatic N) is 3. The maximum absolute atomic E-state index is 6.57. The fourth-order valence-electron chi connectivity index (χ4n) is 6.33. The maximum atomic E-state index is 6.57. The Balaban J connectivity index is 1.30. The first-order valence-electron chi connectivity index (χ1n) is 14.3. The van der Waals surface area contributed by atoms with Gasteiger partial charge in [-0.2, -0.15) is 0 Å². The zero-order valence-electron chi connectivity index (χ0n) is 23.8. The van der Waals surface area contributed by atoms with Crippen molar-refractivity contribution in [2.24, 2.45) is 0 Å². The number of para-hydroxylation sites is 1. The van der Waals surface area contributed by atoms with Crippen LogP contribution in [0.25, 0.3) is 60.1 Å². The van der Waals surface area contributed by atoms with E-state index < -0.39 is 0 Å². The minimum absolute atomic E-state index is 0.0180. The Kier molecular flexibility index (Phi) is 5.35. The molecule has 0 bridgehead atoms. The van der Waals surface area contributed by atoms with Crippen molar-refractivity contribution in [2.75, 3.05) is 0 Å².